The Morgan fingerprint density at radius 3 is 2.48 bits per heavy atom. The molecule has 0 atom stereocenters. The quantitative estimate of drug-likeness (QED) is 0.475. The van der Waals surface area contributed by atoms with E-state index in [-0.39, 0.29) is 5.91 Å². The summed E-state index contributed by atoms with van der Waals surface area (Å²) in [6, 6.07) is 17.8. The molecule has 166 valence electrons. The van der Waals surface area contributed by atoms with Gasteiger partial charge in [-0.1, -0.05) is 30.3 Å². The molecule has 0 spiro atoms. The van der Waals surface area contributed by atoms with Gasteiger partial charge in [0.2, 0.25) is 0 Å². The minimum absolute atomic E-state index is 0.111. The molecule has 0 aliphatic carbocycles. The Labute approximate surface area is 192 Å². The zero-order valence-electron chi connectivity index (χ0n) is 18.5. The van der Waals surface area contributed by atoms with Crippen LogP contribution in [0.25, 0.3) is 16.9 Å². The molecule has 8 nitrogen and oxygen atoms in total. The smallest absolute Gasteiger partial charge is 0.276 e. The second kappa shape index (κ2) is 9.20. The fourth-order valence-corrected chi connectivity index (χ4v) is 4.11. The molecule has 8 heteroatoms. The lowest BCUT2D eigenvalue weighted by Gasteiger charge is -2.35. The van der Waals surface area contributed by atoms with Crippen LogP contribution in [0.1, 0.15) is 23.0 Å². The maximum atomic E-state index is 13.6. The summed E-state index contributed by atoms with van der Waals surface area (Å²) in [6.45, 7) is 4.76. The summed E-state index contributed by atoms with van der Waals surface area (Å²) in [5.74, 6) is 0.823. The lowest BCUT2D eigenvalue weighted by atomic mass is 10.1. The van der Waals surface area contributed by atoms with Crippen molar-refractivity contribution in [3.8, 4) is 16.9 Å². The molecular formula is C25H25N7O. The van der Waals surface area contributed by atoms with E-state index >= 15 is 0 Å². The molecule has 1 aliphatic rings. The molecule has 4 heterocycles. The summed E-state index contributed by atoms with van der Waals surface area (Å²) < 4.78 is 1.76. The van der Waals surface area contributed by atoms with Gasteiger partial charge in [0.25, 0.3) is 5.91 Å². The standard InChI is InChI=1S/C25H25N7O/c1-2-19-6-5-7-21(18-19)32-24(20-9-12-26-13-10-20)23(28-29-32)25(33)31-16-14-30(15-17-31)22-8-3-4-11-27-22/h3-13,18H,2,14-17H2,1H3. The monoisotopic (exact) mass is 439 g/mol. The van der Waals surface area contributed by atoms with Crippen LogP contribution in [0.4, 0.5) is 5.82 Å². The summed E-state index contributed by atoms with van der Waals surface area (Å²) in [6.07, 6.45) is 6.14. The molecule has 3 aromatic heterocycles. The van der Waals surface area contributed by atoms with Crippen molar-refractivity contribution < 1.29 is 4.79 Å². The van der Waals surface area contributed by atoms with Gasteiger partial charge in [-0.2, -0.15) is 0 Å². The average Bonchev–Trinajstić information content (AvgIpc) is 3.35. The van der Waals surface area contributed by atoms with Crippen molar-refractivity contribution in [1.82, 2.24) is 29.9 Å². The SMILES string of the molecule is CCc1cccc(-n2nnc(C(=O)N3CCN(c4ccccn4)CC3)c2-c2ccncc2)c1. The van der Waals surface area contributed by atoms with Crippen LogP contribution in [0, 0.1) is 0 Å². The Bertz CT molecular complexity index is 1230. The van der Waals surface area contributed by atoms with Crippen LogP contribution >= 0.6 is 0 Å². The molecule has 1 aliphatic heterocycles. The number of anilines is 1. The summed E-state index contributed by atoms with van der Waals surface area (Å²) >= 11 is 0. The Morgan fingerprint density at radius 2 is 1.76 bits per heavy atom. The molecule has 1 saturated heterocycles. The van der Waals surface area contributed by atoms with Crippen molar-refractivity contribution in [1.29, 1.82) is 0 Å². The number of carbonyl (C=O) groups is 1. The number of amides is 1. The first kappa shape index (κ1) is 20.8. The van der Waals surface area contributed by atoms with E-state index in [9.17, 15) is 4.79 Å². The summed E-state index contributed by atoms with van der Waals surface area (Å²) in [5.41, 5.74) is 3.97. The van der Waals surface area contributed by atoms with E-state index in [1.165, 1.54) is 5.56 Å². The molecule has 0 saturated carbocycles. The van der Waals surface area contributed by atoms with Gasteiger partial charge in [0, 0.05) is 50.3 Å². The highest BCUT2D eigenvalue weighted by atomic mass is 16.2. The normalized spacial score (nSPS) is 13.8. The van der Waals surface area contributed by atoms with Gasteiger partial charge in [-0.15, -0.1) is 5.10 Å². The third-order valence-corrected chi connectivity index (χ3v) is 5.93. The Balaban J connectivity index is 1.46. The van der Waals surface area contributed by atoms with Crippen LogP contribution in [-0.4, -0.2) is 61.9 Å². The van der Waals surface area contributed by atoms with Crippen LogP contribution in [-0.2, 0) is 6.42 Å². The molecule has 1 amide bonds. The van der Waals surface area contributed by atoms with E-state index in [0.717, 1.165) is 36.6 Å². The molecule has 1 aromatic carbocycles. The van der Waals surface area contributed by atoms with E-state index in [2.05, 4.69) is 44.2 Å². The van der Waals surface area contributed by atoms with Crippen LogP contribution < -0.4 is 4.90 Å². The van der Waals surface area contributed by atoms with E-state index in [0.29, 0.717) is 24.5 Å². The zero-order chi connectivity index (χ0) is 22.6. The van der Waals surface area contributed by atoms with E-state index < -0.39 is 0 Å². The highest BCUT2D eigenvalue weighted by molar-refractivity contribution is 5.98. The maximum absolute atomic E-state index is 13.6. The first-order valence-electron chi connectivity index (χ1n) is 11.1. The van der Waals surface area contributed by atoms with E-state index in [1.54, 1.807) is 23.3 Å². The minimum Gasteiger partial charge on any atom is -0.353 e. The van der Waals surface area contributed by atoms with Crippen LogP contribution in [0.2, 0.25) is 0 Å². The topological polar surface area (TPSA) is 80.0 Å². The molecule has 0 unspecified atom stereocenters. The Morgan fingerprint density at radius 1 is 0.939 bits per heavy atom. The van der Waals surface area contributed by atoms with Crippen LogP contribution in [0.5, 0.6) is 0 Å². The van der Waals surface area contributed by atoms with Crippen LogP contribution in [0.3, 0.4) is 0 Å². The number of pyridine rings is 2. The van der Waals surface area contributed by atoms with Crippen molar-refractivity contribution in [2.24, 2.45) is 0 Å². The fraction of sp³-hybridized carbons (Fsp3) is 0.240. The molecular weight excluding hydrogens is 414 g/mol. The number of hydrogen-bond donors (Lipinski definition) is 0. The second-order valence-electron chi connectivity index (χ2n) is 7.92. The predicted molar refractivity (Wildman–Crippen MR) is 126 cm³/mol. The molecule has 5 rings (SSSR count). The molecule has 1 fully saturated rings. The Kier molecular flexibility index (Phi) is 5.80. The maximum Gasteiger partial charge on any atom is 0.276 e. The number of hydrogen-bond acceptors (Lipinski definition) is 6. The van der Waals surface area contributed by atoms with Crippen molar-refractivity contribution in [3.63, 3.8) is 0 Å². The lowest BCUT2D eigenvalue weighted by molar-refractivity contribution is 0.0741. The number of aryl methyl sites for hydroxylation is 1. The van der Waals surface area contributed by atoms with Gasteiger partial charge in [-0.3, -0.25) is 9.78 Å². The molecule has 33 heavy (non-hydrogen) atoms. The van der Waals surface area contributed by atoms with Crippen molar-refractivity contribution in [2.45, 2.75) is 13.3 Å². The van der Waals surface area contributed by atoms with Gasteiger partial charge >= 0.3 is 0 Å². The van der Waals surface area contributed by atoms with Crippen molar-refractivity contribution in [2.75, 3.05) is 31.1 Å². The summed E-state index contributed by atoms with van der Waals surface area (Å²) in [5, 5.41) is 8.75. The third-order valence-electron chi connectivity index (χ3n) is 5.93. The first-order valence-corrected chi connectivity index (χ1v) is 11.1. The van der Waals surface area contributed by atoms with Gasteiger partial charge in [0.15, 0.2) is 5.69 Å². The highest BCUT2D eigenvalue weighted by Gasteiger charge is 2.29. The molecule has 4 aromatic rings. The number of aromatic nitrogens is 5. The first-order chi connectivity index (χ1) is 16.2. The number of carbonyl (C=O) groups excluding carboxylic acids is 1. The molecule has 0 N–H and O–H groups in total. The third kappa shape index (κ3) is 4.19. The fourth-order valence-electron chi connectivity index (χ4n) is 4.11. The van der Waals surface area contributed by atoms with E-state index in [1.807, 2.05) is 47.4 Å². The number of benzene rings is 1. The number of piperazine rings is 1. The van der Waals surface area contributed by atoms with Gasteiger partial charge in [0.1, 0.15) is 11.5 Å². The minimum atomic E-state index is -0.111. The largest absolute Gasteiger partial charge is 0.353 e. The molecule has 0 radical (unpaired) electrons. The zero-order valence-corrected chi connectivity index (χ0v) is 18.5. The summed E-state index contributed by atoms with van der Waals surface area (Å²) in [7, 11) is 0. The number of rotatable bonds is 5. The van der Waals surface area contributed by atoms with Crippen molar-refractivity contribution >= 4 is 11.7 Å². The van der Waals surface area contributed by atoms with Crippen LogP contribution in [0.15, 0.2) is 73.2 Å². The average molecular weight is 440 g/mol. The molecule has 0 bridgehead atoms. The summed E-state index contributed by atoms with van der Waals surface area (Å²) in [4.78, 5) is 26.2. The van der Waals surface area contributed by atoms with Gasteiger partial charge in [-0.25, -0.2) is 9.67 Å². The van der Waals surface area contributed by atoms with E-state index in [4.69, 9.17) is 0 Å². The van der Waals surface area contributed by atoms with Gasteiger partial charge in [-0.05, 0) is 48.4 Å². The number of nitrogens with zero attached hydrogens (tertiary/aromatic N) is 7. The van der Waals surface area contributed by atoms with Crippen molar-refractivity contribution in [3.05, 3.63) is 84.4 Å². The Hall–Kier alpha value is -4.07. The predicted octanol–water partition coefficient (Wildman–Crippen LogP) is 3.25. The van der Waals surface area contributed by atoms with Gasteiger partial charge < -0.3 is 9.80 Å². The van der Waals surface area contributed by atoms with Gasteiger partial charge in [0.05, 0.1) is 5.69 Å². The lowest BCUT2D eigenvalue weighted by Crippen LogP contribution is -2.49. The second-order valence-corrected chi connectivity index (χ2v) is 7.92. The highest BCUT2D eigenvalue weighted by Crippen LogP contribution is 2.27.